The quantitative estimate of drug-likeness (QED) is 0.842. The minimum absolute atomic E-state index is 0.176. The zero-order chi connectivity index (χ0) is 18.5. The molecule has 7 heteroatoms. The van der Waals surface area contributed by atoms with E-state index < -0.39 is 0 Å². The van der Waals surface area contributed by atoms with Crippen LogP contribution < -0.4 is 10.1 Å². The Balaban J connectivity index is 1.67. The van der Waals surface area contributed by atoms with Gasteiger partial charge in [-0.1, -0.05) is 36.0 Å². The Morgan fingerprint density at radius 3 is 2.54 bits per heavy atom. The van der Waals surface area contributed by atoms with E-state index in [9.17, 15) is 14.4 Å². The Morgan fingerprint density at radius 2 is 1.88 bits per heavy atom. The second kappa shape index (κ2) is 8.05. The monoisotopic (exact) mass is 370 g/mol. The smallest absolute Gasteiger partial charge is 0.289 e. The number of hydrogen-bond donors (Lipinski definition) is 1. The normalized spacial score (nSPS) is 13.8. The van der Waals surface area contributed by atoms with Crippen LogP contribution in [-0.2, 0) is 11.3 Å². The second-order valence-electron chi connectivity index (χ2n) is 5.61. The van der Waals surface area contributed by atoms with Gasteiger partial charge in [-0.15, -0.1) is 0 Å². The number of benzene rings is 2. The average Bonchev–Trinajstić information content (AvgIpc) is 2.96. The molecule has 0 aromatic heterocycles. The van der Waals surface area contributed by atoms with Crippen LogP contribution in [0, 0.1) is 0 Å². The predicted molar refractivity (Wildman–Crippen MR) is 100 cm³/mol. The third-order valence-corrected chi connectivity index (χ3v) is 4.68. The lowest BCUT2D eigenvalue weighted by molar-refractivity contribution is -0.125. The van der Waals surface area contributed by atoms with Crippen LogP contribution in [0.5, 0.6) is 5.75 Å². The van der Waals surface area contributed by atoms with Crippen LogP contribution in [0.1, 0.15) is 22.8 Å². The molecule has 0 atom stereocenters. The van der Waals surface area contributed by atoms with Crippen LogP contribution in [0.15, 0.2) is 48.5 Å². The Labute approximate surface area is 155 Å². The number of rotatable bonds is 6. The van der Waals surface area contributed by atoms with E-state index in [0.717, 1.165) is 17.3 Å². The summed E-state index contributed by atoms with van der Waals surface area (Å²) in [6.07, 6.45) is 0. The topological polar surface area (TPSA) is 75.7 Å². The van der Waals surface area contributed by atoms with Crippen molar-refractivity contribution in [1.82, 2.24) is 4.90 Å². The maximum atomic E-state index is 12.5. The number of ether oxygens (including phenoxy) is 1. The zero-order valence-electron chi connectivity index (χ0n) is 14.2. The van der Waals surface area contributed by atoms with Gasteiger partial charge < -0.3 is 10.1 Å². The van der Waals surface area contributed by atoms with E-state index in [2.05, 4.69) is 5.32 Å². The Hall–Kier alpha value is -2.80. The third-order valence-electron chi connectivity index (χ3n) is 3.82. The van der Waals surface area contributed by atoms with E-state index in [-0.39, 0.29) is 29.4 Å². The van der Waals surface area contributed by atoms with E-state index in [1.807, 2.05) is 13.0 Å². The molecule has 26 heavy (non-hydrogen) atoms. The Bertz CT molecular complexity index is 820. The Kier molecular flexibility index (Phi) is 5.58. The van der Waals surface area contributed by atoms with Crippen molar-refractivity contribution in [3.63, 3.8) is 0 Å². The van der Waals surface area contributed by atoms with E-state index in [0.29, 0.717) is 23.6 Å². The highest BCUT2D eigenvalue weighted by atomic mass is 32.2. The summed E-state index contributed by atoms with van der Waals surface area (Å²) in [5.74, 6) is 0.298. The van der Waals surface area contributed by atoms with Gasteiger partial charge in [-0.3, -0.25) is 19.3 Å². The molecule has 1 N–H and O–H groups in total. The molecular weight excluding hydrogens is 352 g/mol. The zero-order valence-corrected chi connectivity index (χ0v) is 15.0. The van der Waals surface area contributed by atoms with Crippen molar-refractivity contribution >= 4 is 34.5 Å². The molecule has 6 nitrogen and oxygen atoms in total. The lowest BCUT2D eigenvalue weighted by Gasteiger charge is -2.13. The minimum Gasteiger partial charge on any atom is -0.493 e. The summed E-state index contributed by atoms with van der Waals surface area (Å²) in [5, 5.41) is 2.60. The molecule has 1 fully saturated rings. The highest BCUT2D eigenvalue weighted by Gasteiger charge is 2.29. The van der Waals surface area contributed by atoms with Crippen LogP contribution >= 0.6 is 11.8 Å². The molecule has 1 aliphatic rings. The van der Waals surface area contributed by atoms with E-state index >= 15 is 0 Å². The first-order chi connectivity index (χ1) is 12.6. The summed E-state index contributed by atoms with van der Waals surface area (Å²) in [4.78, 5) is 37.0. The molecule has 1 heterocycles. The van der Waals surface area contributed by atoms with Crippen LogP contribution in [0.2, 0.25) is 0 Å². The number of nitrogens with zero attached hydrogens (tertiary/aromatic N) is 1. The van der Waals surface area contributed by atoms with E-state index in [1.165, 1.54) is 4.90 Å². The van der Waals surface area contributed by atoms with Crippen molar-refractivity contribution in [2.75, 3.05) is 17.7 Å². The molecular formula is C19H18N2O4S. The number of thioether (sulfide) groups is 1. The summed E-state index contributed by atoms with van der Waals surface area (Å²) in [5.41, 5.74) is 1.91. The molecule has 3 rings (SSSR count). The number of hydrogen-bond acceptors (Lipinski definition) is 5. The Morgan fingerprint density at radius 1 is 1.15 bits per heavy atom. The van der Waals surface area contributed by atoms with Crippen molar-refractivity contribution < 1.29 is 19.1 Å². The second-order valence-corrected chi connectivity index (χ2v) is 6.54. The van der Waals surface area contributed by atoms with E-state index in [1.54, 1.807) is 42.5 Å². The van der Waals surface area contributed by atoms with Gasteiger partial charge in [0.05, 0.1) is 24.5 Å². The van der Waals surface area contributed by atoms with Crippen molar-refractivity contribution in [2.24, 2.45) is 0 Å². The molecule has 2 aromatic rings. The molecule has 0 bridgehead atoms. The number of carbonyl (C=O) groups excluding carboxylic acids is 3. The van der Waals surface area contributed by atoms with Gasteiger partial charge in [0.2, 0.25) is 5.91 Å². The molecule has 0 spiro atoms. The number of anilines is 1. The SMILES string of the molecule is CCOc1ccccc1C(=O)Nc1ccc(CN2C(=O)CSC2=O)cc1. The standard InChI is InChI=1S/C19H18N2O4S/c1-2-25-16-6-4-3-5-15(16)18(23)20-14-9-7-13(8-10-14)11-21-17(22)12-26-19(21)24/h3-10H,2,11-12H2,1H3,(H,20,23). The molecule has 0 unspecified atom stereocenters. The summed E-state index contributed by atoms with van der Waals surface area (Å²) < 4.78 is 5.48. The fourth-order valence-electron chi connectivity index (χ4n) is 2.54. The maximum absolute atomic E-state index is 12.5. The van der Waals surface area contributed by atoms with Crippen molar-refractivity contribution in [1.29, 1.82) is 0 Å². The maximum Gasteiger partial charge on any atom is 0.289 e. The van der Waals surface area contributed by atoms with Gasteiger partial charge >= 0.3 is 0 Å². The van der Waals surface area contributed by atoms with Crippen molar-refractivity contribution in [3.05, 3.63) is 59.7 Å². The first-order valence-corrected chi connectivity index (χ1v) is 9.16. The number of imide groups is 1. The lowest BCUT2D eigenvalue weighted by Crippen LogP contribution is -2.27. The number of carbonyl (C=O) groups is 3. The van der Waals surface area contributed by atoms with Crippen LogP contribution in [-0.4, -0.2) is 34.3 Å². The summed E-state index contributed by atoms with van der Waals surface area (Å²) in [6.45, 7) is 2.58. The van der Waals surface area contributed by atoms with Crippen LogP contribution in [0.25, 0.3) is 0 Å². The molecule has 1 aliphatic heterocycles. The van der Waals surface area contributed by atoms with Crippen molar-refractivity contribution in [2.45, 2.75) is 13.5 Å². The van der Waals surface area contributed by atoms with Gasteiger partial charge in [0.15, 0.2) is 0 Å². The summed E-state index contributed by atoms with van der Waals surface area (Å²) in [6, 6.07) is 14.1. The largest absolute Gasteiger partial charge is 0.493 e. The lowest BCUT2D eigenvalue weighted by atomic mass is 10.1. The van der Waals surface area contributed by atoms with Gasteiger partial charge in [-0.2, -0.15) is 0 Å². The molecule has 3 amide bonds. The fourth-order valence-corrected chi connectivity index (χ4v) is 3.27. The molecule has 0 aliphatic carbocycles. The number of nitrogens with one attached hydrogen (secondary N) is 1. The van der Waals surface area contributed by atoms with Gasteiger partial charge in [0, 0.05) is 5.69 Å². The predicted octanol–water partition coefficient (Wildman–Crippen LogP) is 3.53. The highest BCUT2D eigenvalue weighted by molar-refractivity contribution is 8.14. The van der Waals surface area contributed by atoms with Gasteiger partial charge in [-0.25, -0.2) is 0 Å². The van der Waals surface area contributed by atoms with Gasteiger partial charge in [0.25, 0.3) is 11.1 Å². The first-order valence-electron chi connectivity index (χ1n) is 8.17. The molecule has 1 saturated heterocycles. The summed E-state index contributed by atoms with van der Waals surface area (Å²) in [7, 11) is 0. The highest BCUT2D eigenvalue weighted by Crippen LogP contribution is 2.23. The first kappa shape index (κ1) is 18.0. The fraction of sp³-hybridized carbons (Fsp3) is 0.211. The minimum atomic E-state index is -0.261. The molecule has 0 saturated carbocycles. The van der Waals surface area contributed by atoms with Crippen molar-refractivity contribution in [3.8, 4) is 5.75 Å². The van der Waals surface area contributed by atoms with Crippen LogP contribution in [0.4, 0.5) is 10.5 Å². The van der Waals surface area contributed by atoms with Gasteiger partial charge in [0.1, 0.15) is 5.75 Å². The molecule has 2 aromatic carbocycles. The average molecular weight is 370 g/mol. The molecule has 134 valence electrons. The molecule has 0 radical (unpaired) electrons. The van der Waals surface area contributed by atoms with E-state index in [4.69, 9.17) is 4.74 Å². The number of para-hydroxylation sites is 1. The van der Waals surface area contributed by atoms with Crippen LogP contribution in [0.3, 0.4) is 0 Å². The van der Waals surface area contributed by atoms with Gasteiger partial charge in [-0.05, 0) is 36.8 Å². The number of amides is 3. The summed E-state index contributed by atoms with van der Waals surface area (Å²) >= 11 is 1.02. The third kappa shape index (κ3) is 4.05.